The number of aromatic nitrogens is 1. The molecule has 2 aromatic rings. The smallest absolute Gasteiger partial charge is 0.287 e. The maximum Gasteiger partial charge on any atom is 0.416 e. The van der Waals surface area contributed by atoms with Gasteiger partial charge in [0.05, 0.1) is 5.56 Å². The van der Waals surface area contributed by atoms with Crippen LogP contribution in [0, 0.1) is 6.92 Å². The van der Waals surface area contributed by atoms with Gasteiger partial charge in [-0.2, -0.15) is 13.2 Å². The second-order valence-electron chi connectivity index (χ2n) is 4.07. The number of rotatable bonds is 2. The van der Waals surface area contributed by atoms with Crippen molar-refractivity contribution in [2.75, 3.05) is 0 Å². The van der Waals surface area contributed by atoms with Crippen LogP contribution in [0.2, 0.25) is 0 Å². The number of carbonyl (C=O) groups excluding carboxylic acids is 1. The summed E-state index contributed by atoms with van der Waals surface area (Å²) < 4.78 is 37.6. The molecule has 98 valence electrons. The number of hydrogen-bond donors (Lipinski definition) is 0. The summed E-state index contributed by atoms with van der Waals surface area (Å²) in [5.41, 5.74) is -0.0369. The third kappa shape index (κ3) is 2.81. The van der Waals surface area contributed by atoms with Gasteiger partial charge in [-0.3, -0.25) is 9.78 Å². The number of halogens is 3. The molecule has 0 saturated heterocycles. The Hall–Kier alpha value is -2.17. The lowest BCUT2D eigenvalue weighted by molar-refractivity contribution is -0.137. The number of benzene rings is 1. The molecule has 0 spiro atoms. The number of hydrogen-bond acceptors (Lipinski definition) is 2. The van der Waals surface area contributed by atoms with Crippen LogP contribution in [0.4, 0.5) is 13.2 Å². The van der Waals surface area contributed by atoms with Crippen molar-refractivity contribution in [2.45, 2.75) is 13.1 Å². The van der Waals surface area contributed by atoms with E-state index in [1.165, 1.54) is 25.3 Å². The molecule has 5 heteroatoms. The van der Waals surface area contributed by atoms with Crippen LogP contribution in [0.5, 0.6) is 0 Å². The summed E-state index contributed by atoms with van der Waals surface area (Å²) in [6.07, 6.45) is -2.94. The minimum Gasteiger partial charge on any atom is -0.287 e. The Morgan fingerprint density at radius 3 is 2.42 bits per heavy atom. The Morgan fingerprint density at radius 1 is 1.16 bits per heavy atom. The van der Waals surface area contributed by atoms with Crippen molar-refractivity contribution < 1.29 is 18.0 Å². The average molecular weight is 265 g/mol. The highest BCUT2D eigenvalue weighted by atomic mass is 19.4. The first-order valence-electron chi connectivity index (χ1n) is 5.53. The highest BCUT2D eigenvalue weighted by Crippen LogP contribution is 2.30. The lowest BCUT2D eigenvalue weighted by Gasteiger charge is -2.10. The molecule has 1 aromatic heterocycles. The van der Waals surface area contributed by atoms with Gasteiger partial charge in [-0.15, -0.1) is 0 Å². The van der Waals surface area contributed by atoms with E-state index in [9.17, 15) is 18.0 Å². The zero-order chi connectivity index (χ0) is 14.0. The Bertz CT molecular complexity index is 606. The van der Waals surface area contributed by atoms with Gasteiger partial charge in [0, 0.05) is 11.8 Å². The average Bonchev–Trinajstić information content (AvgIpc) is 2.38. The molecule has 0 bridgehead atoms. The van der Waals surface area contributed by atoms with Crippen molar-refractivity contribution in [3.05, 3.63) is 65.0 Å². The molecule has 0 aliphatic rings. The third-order valence-electron chi connectivity index (χ3n) is 2.70. The number of alkyl halides is 3. The van der Waals surface area contributed by atoms with Gasteiger partial charge < -0.3 is 0 Å². The largest absolute Gasteiger partial charge is 0.416 e. The molecule has 0 unspecified atom stereocenters. The molecule has 0 saturated carbocycles. The van der Waals surface area contributed by atoms with Crippen molar-refractivity contribution in [2.24, 2.45) is 0 Å². The van der Waals surface area contributed by atoms with Gasteiger partial charge in [-0.25, -0.2) is 0 Å². The third-order valence-corrected chi connectivity index (χ3v) is 2.70. The van der Waals surface area contributed by atoms with E-state index in [0.717, 1.165) is 12.1 Å². The summed E-state index contributed by atoms with van der Waals surface area (Å²) in [7, 11) is 0. The van der Waals surface area contributed by atoms with Crippen LogP contribution < -0.4 is 0 Å². The van der Waals surface area contributed by atoms with E-state index < -0.39 is 11.7 Å². The molecular formula is C14H10F3NO. The Labute approximate surface area is 107 Å². The van der Waals surface area contributed by atoms with E-state index in [1.807, 2.05) is 0 Å². The molecule has 0 aliphatic heterocycles. The predicted molar refractivity (Wildman–Crippen MR) is 63.9 cm³/mol. The van der Waals surface area contributed by atoms with Crippen LogP contribution in [-0.2, 0) is 6.18 Å². The van der Waals surface area contributed by atoms with Crippen molar-refractivity contribution in [1.82, 2.24) is 4.98 Å². The van der Waals surface area contributed by atoms with E-state index in [4.69, 9.17) is 0 Å². The van der Waals surface area contributed by atoms with E-state index >= 15 is 0 Å². The maximum absolute atomic E-state index is 12.5. The van der Waals surface area contributed by atoms with Crippen molar-refractivity contribution in [3.8, 4) is 0 Å². The van der Waals surface area contributed by atoms with Gasteiger partial charge in [-0.05, 0) is 36.8 Å². The highest BCUT2D eigenvalue weighted by Gasteiger charge is 2.31. The molecule has 0 radical (unpaired) electrons. The first kappa shape index (κ1) is 13.3. The molecule has 0 aliphatic carbocycles. The Balaban J connectivity index is 2.40. The van der Waals surface area contributed by atoms with Crippen molar-refractivity contribution in [1.29, 1.82) is 0 Å². The highest BCUT2D eigenvalue weighted by molar-refractivity contribution is 6.08. The van der Waals surface area contributed by atoms with Crippen LogP contribution in [0.25, 0.3) is 0 Å². The van der Waals surface area contributed by atoms with Gasteiger partial charge in [0.25, 0.3) is 0 Å². The molecule has 19 heavy (non-hydrogen) atoms. The van der Waals surface area contributed by atoms with Crippen LogP contribution in [0.1, 0.15) is 27.2 Å². The lowest BCUT2D eigenvalue weighted by atomic mass is 9.99. The predicted octanol–water partition coefficient (Wildman–Crippen LogP) is 3.64. The second-order valence-corrected chi connectivity index (χ2v) is 4.07. The van der Waals surface area contributed by atoms with Crippen LogP contribution in [-0.4, -0.2) is 10.8 Å². The summed E-state index contributed by atoms with van der Waals surface area (Å²) in [5.74, 6) is -0.383. The number of aryl methyl sites for hydroxylation is 1. The first-order chi connectivity index (χ1) is 8.89. The van der Waals surface area contributed by atoms with Crippen LogP contribution in [0.3, 0.4) is 0 Å². The fourth-order valence-corrected chi connectivity index (χ4v) is 1.73. The van der Waals surface area contributed by atoms with Gasteiger partial charge in [0.15, 0.2) is 0 Å². The lowest BCUT2D eigenvalue weighted by Crippen LogP contribution is -2.09. The number of pyridine rings is 1. The molecular weight excluding hydrogens is 255 g/mol. The summed E-state index contributed by atoms with van der Waals surface area (Å²) in [6.45, 7) is 1.48. The maximum atomic E-state index is 12.5. The molecule has 0 fully saturated rings. The number of ketones is 1. The van der Waals surface area contributed by atoms with E-state index in [2.05, 4.69) is 4.98 Å². The van der Waals surface area contributed by atoms with Crippen LogP contribution in [0.15, 0.2) is 42.6 Å². The fourth-order valence-electron chi connectivity index (χ4n) is 1.73. The molecule has 0 N–H and O–H groups in total. The van der Waals surface area contributed by atoms with Crippen LogP contribution >= 0.6 is 0 Å². The molecule has 2 rings (SSSR count). The molecule has 2 nitrogen and oxygen atoms in total. The summed E-state index contributed by atoms with van der Waals surface area (Å²) in [6, 6.07) is 7.91. The standard InChI is InChI=1S/C14H10F3NO/c1-9-8-10(14(15,16)17)5-6-11(9)13(19)12-4-2-3-7-18-12/h2-8H,1H3. The van der Waals surface area contributed by atoms with Crippen molar-refractivity contribution >= 4 is 5.78 Å². The van der Waals surface area contributed by atoms with Gasteiger partial charge in [-0.1, -0.05) is 12.1 Å². The molecule has 1 heterocycles. The summed E-state index contributed by atoms with van der Waals surface area (Å²) in [5, 5.41) is 0. The van der Waals surface area contributed by atoms with Gasteiger partial charge >= 0.3 is 6.18 Å². The van der Waals surface area contributed by atoms with Crippen molar-refractivity contribution in [3.63, 3.8) is 0 Å². The minimum absolute atomic E-state index is 0.213. The SMILES string of the molecule is Cc1cc(C(F)(F)F)ccc1C(=O)c1ccccn1. The van der Waals surface area contributed by atoms with Gasteiger partial charge in [0.2, 0.25) is 5.78 Å². The molecule has 0 atom stereocenters. The first-order valence-corrected chi connectivity index (χ1v) is 5.53. The topological polar surface area (TPSA) is 30.0 Å². The second kappa shape index (κ2) is 4.84. The fraction of sp³-hybridized carbons (Fsp3) is 0.143. The number of carbonyl (C=O) groups is 1. The molecule has 1 aromatic carbocycles. The zero-order valence-electron chi connectivity index (χ0n) is 10.0. The summed E-state index contributed by atoms with van der Waals surface area (Å²) >= 11 is 0. The minimum atomic E-state index is -4.41. The number of nitrogens with zero attached hydrogens (tertiary/aromatic N) is 1. The van der Waals surface area contributed by atoms with E-state index in [0.29, 0.717) is 0 Å². The normalized spacial score (nSPS) is 11.4. The van der Waals surface area contributed by atoms with E-state index in [1.54, 1.807) is 12.1 Å². The zero-order valence-corrected chi connectivity index (χ0v) is 10.0. The monoisotopic (exact) mass is 265 g/mol. The Kier molecular flexibility index (Phi) is 3.38. The van der Waals surface area contributed by atoms with E-state index in [-0.39, 0.29) is 22.6 Å². The summed E-state index contributed by atoms with van der Waals surface area (Å²) in [4.78, 5) is 16.0. The van der Waals surface area contributed by atoms with Gasteiger partial charge in [0.1, 0.15) is 5.69 Å². The molecule has 0 amide bonds. The Morgan fingerprint density at radius 2 is 1.89 bits per heavy atom. The quantitative estimate of drug-likeness (QED) is 0.776.